The van der Waals surface area contributed by atoms with Crippen LogP contribution in [0, 0.1) is 0 Å². The summed E-state index contributed by atoms with van der Waals surface area (Å²) in [5.41, 5.74) is 6.03. The first kappa shape index (κ1) is 13.5. The van der Waals surface area contributed by atoms with Crippen LogP contribution in [0.4, 0.5) is 0 Å². The van der Waals surface area contributed by atoms with Crippen molar-refractivity contribution in [2.24, 2.45) is 5.73 Å². The molecule has 17 heavy (non-hydrogen) atoms. The van der Waals surface area contributed by atoms with E-state index in [-0.39, 0.29) is 17.8 Å². The van der Waals surface area contributed by atoms with E-state index in [9.17, 15) is 4.79 Å². The molecule has 0 spiro atoms. The Morgan fingerprint density at radius 2 is 2.24 bits per heavy atom. The molecule has 0 saturated carbocycles. The van der Waals surface area contributed by atoms with Gasteiger partial charge in [0.15, 0.2) is 5.58 Å². The second-order valence-electron chi connectivity index (χ2n) is 3.36. The zero-order chi connectivity index (χ0) is 11.5. The van der Waals surface area contributed by atoms with Crippen molar-refractivity contribution in [3.63, 3.8) is 0 Å². The summed E-state index contributed by atoms with van der Waals surface area (Å²) in [6.07, 6.45) is 0.421. The zero-order valence-corrected chi connectivity index (χ0v) is 10.1. The van der Waals surface area contributed by atoms with Gasteiger partial charge in [-0.25, -0.2) is 0 Å². The lowest BCUT2D eigenvalue weighted by molar-refractivity contribution is 0.406. The SMILES string of the molecule is COc1ccc2c(=O)c(CCN)noc2c1.Cl. The van der Waals surface area contributed by atoms with Gasteiger partial charge in [-0.1, -0.05) is 5.16 Å². The number of hydrogen-bond acceptors (Lipinski definition) is 5. The highest BCUT2D eigenvalue weighted by molar-refractivity contribution is 5.85. The minimum Gasteiger partial charge on any atom is -0.497 e. The van der Waals surface area contributed by atoms with Gasteiger partial charge in [0.2, 0.25) is 5.43 Å². The van der Waals surface area contributed by atoms with Crippen LogP contribution in [-0.2, 0) is 6.42 Å². The van der Waals surface area contributed by atoms with Gasteiger partial charge >= 0.3 is 0 Å². The highest BCUT2D eigenvalue weighted by atomic mass is 35.5. The Hall–Kier alpha value is -1.59. The van der Waals surface area contributed by atoms with Gasteiger partial charge in [-0.05, 0) is 18.7 Å². The molecule has 0 atom stereocenters. The molecule has 0 aliphatic carbocycles. The third-order valence-corrected chi connectivity index (χ3v) is 2.33. The Kier molecular flexibility index (Phi) is 4.48. The predicted octanol–water partition coefficient (Wildman–Crippen LogP) is 1.12. The number of nitrogens with zero attached hydrogens (tertiary/aromatic N) is 1. The van der Waals surface area contributed by atoms with E-state index in [1.54, 1.807) is 25.3 Å². The fourth-order valence-corrected chi connectivity index (χ4v) is 1.49. The molecule has 0 aliphatic rings. The summed E-state index contributed by atoms with van der Waals surface area (Å²) in [5.74, 6) is 0.629. The zero-order valence-electron chi connectivity index (χ0n) is 9.30. The summed E-state index contributed by atoms with van der Waals surface area (Å²) in [7, 11) is 1.55. The molecule has 2 aromatic rings. The van der Waals surface area contributed by atoms with Gasteiger partial charge in [0.25, 0.3) is 0 Å². The molecule has 6 heteroatoms. The molecular formula is C11H13ClN2O3. The Labute approximate surface area is 104 Å². The van der Waals surface area contributed by atoms with Crippen LogP contribution in [0.25, 0.3) is 11.0 Å². The lowest BCUT2D eigenvalue weighted by Gasteiger charge is -2.01. The minimum absolute atomic E-state index is 0. The highest BCUT2D eigenvalue weighted by Gasteiger charge is 2.08. The van der Waals surface area contributed by atoms with Crippen molar-refractivity contribution in [2.75, 3.05) is 13.7 Å². The number of halogens is 1. The van der Waals surface area contributed by atoms with Crippen LogP contribution in [-0.4, -0.2) is 18.8 Å². The van der Waals surface area contributed by atoms with Crippen molar-refractivity contribution < 1.29 is 9.26 Å². The van der Waals surface area contributed by atoms with Crippen molar-refractivity contribution in [3.8, 4) is 5.75 Å². The lowest BCUT2D eigenvalue weighted by atomic mass is 10.2. The number of nitrogens with two attached hydrogens (primary N) is 1. The second-order valence-corrected chi connectivity index (χ2v) is 3.36. The summed E-state index contributed by atoms with van der Waals surface area (Å²) < 4.78 is 10.2. The number of methoxy groups -OCH3 is 1. The number of rotatable bonds is 3. The maximum atomic E-state index is 11.9. The van der Waals surface area contributed by atoms with Crippen LogP contribution in [0.15, 0.2) is 27.5 Å². The van der Waals surface area contributed by atoms with Crippen molar-refractivity contribution >= 4 is 23.4 Å². The van der Waals surface area contributed by atoms with Gasteiger partial charge in [0.05, 0.1) is 12.5 Å². The van der Waals surface area contributed by atoms with Crippen LogP contribution < -0.4 is 15.9 Å². The Morgan fingerprint density at radius 3 is 2.88 bits per heavy atom. The monoisotopic (exact) mass is 256 g/mol. The standard InChI is InChI=1S/C11H12N2O3.ClH/c1-15-7-2-3-8-10(6-7)16-13-9(4-5-12)11(8)14;/h2-3,6H,4-5,12H2,1H3;1H. The molecular weight excluding hydrogens is 244 g/mol. The largest absolute Gasteiger partial charge is 0.497 e. The molecule has 2 rings (SSSR count). The van der Waals surface area contributed by atoms with E-state index in [1.807, 2.05) is 0 Å². The Morgan fingerprint density at radius 1 is 1.47 bits per heavy atom. The predicted molar refractivity (Wildman–Crippen MR) is 66.8 cm³/mol. The molecule has 0 saturated heterocycles. The maximum Gasteiger partial charge on any atom is 0.214 e. The van der Waals surface area contributed by atoms with Crippen molar-refractivity contribution in [1.82, 2.24) is 5.16 Å². The molecule has 0 fully saturated rings. The smallest absolute Gasteiger partial charge is 0.214 e. The Bertz CT molecular complexity index is 568. The second kappa shape index (κ2) is 5.65. The molecule has 0 unspecified atom stereocenters. The minimum atomic E-state index is -0.130. The first-order valence-corrected chi connectivity index (χ1v) is 4.93. The Balaban J connectivity index is 0.00000144. The van der Waals surface area contributed by atoms with Gasteiger partial charge in [0.1, 0.15) is 11.4 Å². The normalized spacial score (nSPS) is 10.0. The number of ether oxygens (including phenoxy) is 1. The fraction of sp³-hybridized carbons (Fsp3) is 0.273. The van der Waals surface area contributed by atoms with Crippen LogP contribution in [0.2, 0.25) is 0 Å². The summed E-state index contributed by atoms with van der Waals surface area (Å²) in [6.45, 7) is 0.374. The van der Waals surface area contributed by atoms with Crippen LogP contribution in [0.5, 0.6) is 5.75 Å². The van der Waals surface area contributed by atoms with Gasteiger partial charge in [0, 0.05) is 12.5 Å². The van der Waals surface area contributed by atoms with Crippen molar-refractivity contribution in [3.05, 3.63) is 34.1 Å². The third kappa shape index (κ3) is 2.57. The van der Waals surface area contributed by atoms with Crippen LogP contribution in [0.1, 0.15) is 5.69 Å². The van der Waals surface area contributed by atoms with Gasteiger partial charge in [-0.2, -0.15) is 0 Å². The molecule has 0 amide bonds. The first-order chi connectivity index (χ1) is 7.76. The fourth-order valence-electron chi connectivity index (χ4n) is 1.49. The van der Waals surface area contributed by atoms with Gasteiger partial charge in [-0.15, -0.1) is 12.4 Å². The third-order valence-electron chi connectivity index (χ3n) is 2.33. The summed E-state index contributed by atoms with van der Waals surface area (Å²) >= 11 is 0. The van der Waals surface area contributed by atoms with E-state index < -0.39 is 0 Å². The molecule has 0 bridgehead atoms. The molecule has 1 aromatic heterocycles. The van der Waals surface area contributed by atoms with E-state index in [1.165, 1.54) is 0 Å². The van der Waals surface area contributed by atoms with E-state index in [4.69, 9.17) is 15.0 Å². The topological polar surface area (TPSA) is 78.4 Å². The van der Waals surface area contributed by atoms with E-state index >= 15 is 0 Å². The van der Waals surface area contributed by atoms with Gasteiger partial charge in [-0.3, -0.25) is 4.79 Å². The quantitative estimate of drug-likeness (QED) is 0.890. The molecule has 1 heterocycles. The van der Waals surface area contributed by atoms with Crippen molar-refractivity contribution in [2.45, 2.75) is 6.42 Å². The highest BCUT2D eigenvalue weighted by Crippen LogP contribution is 2.17. The molecule has 92 valence electrons. The number of benzene rings is 1. The van der Waals surface area contributed by atoms with Crippen LogP contribution in [0.3, 0.4) is 0 Å². The molecule has 1 aromatic carbocycles. The summed E-state index contributed by atoms with van der Waals surface area (Å²) in [5, 5.41) is 4.25. The van der Waals surface area contributed by atoms with Gasteiger partial charge < -0.3 is 15.0 Å². The lowest BCUT2D eigenvalue weighted by Crippen LogP contribution is -2.15. The molecule has 2 N–H and O–H groups in total. The average molecular weight is 257 g/mol. The molecule has 5 nitrogen and oxygen atoms in total. The number of fused-ring (bicyclic) bond motifs is 1. The summed E-state index contributed by atoms with van der Waals surface area (Å²) in [6, 6.07) is 5.02. The van der Waals surface area contributed by atoms with E-state index in [0.29, 0.717) is 35.4 Å². The summed E-state index contributed by atoms with van der Waals surface area (Å²) in [4.78, 5) is 11.9. The molecule has 0 aliphatic heterocycles. The molecule has 0 radical (unpaired) electrons. The van der Waals surface area contributed by atoms with Crippen LogP contribution >= 0.6 is 12.4 Å². The number of aromatic nitrogens is 1. The first-order valence-electron chi connectivity index (χ1n) is 4.93. The average Bonchev–Trinajstić information content (AvgIpc) is 2.32. The van der Waals surface area contributed by atoms with E-state index in [0.717, 1.165) is 0 Å². The maximum absolute atomic E-state index is 11.9. The van der Waals surface area contributed by atoms with E-state index in [2.05, 4.69) is 5.16 Å². The van der Waals surface area contributed by atoms with Crippen molar-refractivity contribution in [1.29, 1.82) is 0 Å². The number of hydrogen-bond donors (Lipinski definition) is 1.